The molecule has 0 amide bonds. The molecule has 1 atom stereocenters. The summed E-state index contributed by atoms with van der Waals surface area (Å²) in [6, 6.07) is 6.58. The van der Waals surface area contributed by atoms with Gasteiger partial charge in [0.1, 0.15) is 11.5 Å². The highest BCUT2D eigenvalue weighted by molar-refractivity contribution is 5.44. The van der Waals surface area contributed by atoms with E-state index in [4.69, 9.17) is 9.47 Å². The van der Waals surface area contributed by atoms with Crippen molar-refractivity contribution in [1.29, 1.82) is 0 Å². The quantitative estimate of drug-likeness (QED) is 0.850. The van der Waals surface area contributed by atoms with Crippen molar-refractivity contribution in [3.63, 3.8) is 0 Å². The van der Waals surface area contributed by atoms with Crippen LogP contribution in [0.15, 0.2) is 18.2 Å². The maximum absolute atomic E-state index is 5.47. The summed E-state index contributed by atoms with van der Waals surface area (Å²) in [4.78, 5) is 2.51. The smallest absolute Gasteiger partial charge is 0.127 e. The predicted octanol–water partition coefficient (Wildman–Crippen LogP) is 1.89. The third-order valence-corrected chi connectivity index (χ3v) is 3.83. The number of hydrogen-bond donors (Lipinski definition) is 1. The lowest BCUT2D eigenvalue weighted by Gasteiger charge is -2.26. The molecule has 4 nitrogen and oxygen atoms in total. The first-order valence-corrected chi connectivity index (χ1v) is 6.88. The molecule has 0 bridgehead atoms. The maximum Gasteiger partial charge on any atom is 0.127 e. The van der Waals surface area contributed by atoms with E-state index in [9.17, 15) is 0 Å². The number of nitrogens with one attached hydrogen (secondary N) is 1. The van der Waals surface area contributed by atoms with Crippen LogP contribution in [0.2, 0.25) is 0 Å². The van der Waals surface area contributed by atoms with Gasteiger partial charge in [-0.25, -0.2) is 0 Å². The average Bonchev–Trinajstić information content (AvgIpc) is 2.87. The number of nitrogens with zero attached hydrogens (tertiary/aromatic N) is 1. The van der Waals surface area contributed by atoms with Crippen molar-refractivity contribution in [2.45, 2.75) is 25.4 Å². The second kappa shape index (κ2) is 6.78. The minimum absolute atomic E-state index is 0.611. The van der Waals surface area contributed by atoms with E-state index in [1.807, 2.05) is 25.2 Å². The molecule has 1 aliphatic heterocycles. The summed E-state index contributed by atoms with van der Waals surface area (Å²) in [5.41, 5.74) is 1.15. The Kier molecular flexibility index (Phi) is 5.05. The average molecular weight is 264 g/mol. The van der Waals surface area contributed by atoms with Gasteiger partial charge in [-0.1, -0.05) is 6.07 Å². The Morgan fingerprint density at radius 1 is 1.26 bits per heavy atom. The zero-order valence-corrected chi connectivity index (χ0v) is 12.1. The largest absolute Gasteiger partial charge is 0.496 e. The molecule has 1 saturated heterocycles. The zero-order valence-electron chi connectivity index (χ0n) is 12.1. The molecule has 19 heavy (non-hydrogen) atoms. The standard InChI is InChI=1S/C15H24N2O2/c1-16-10-12-6-5-9-17(12)11-13-14(18-2)7-4-8-15(13)19-3/h4,7-8,12,16H,5-6,9-11H2,1-3H3. The minimum Gasteiger partial charge on any atom is -0.496 e. The summed E-state index contributed by atoms with van der Waals surface area (Å²) in [6.07, 6.45) is 2.53. The lowest BCUT2D eigenvalue weighted by atomic mass is 10.1. The Morgan fingerprint density at radius 3 is 2.53 bits per heavy atom. The second-order valence-corrected chi connectivity index (χ2v) is 4.97. The Balaban J connectivity index is 2.17. The van der Waals surface area contributed by atoms with E-state index < -0.39 is 0 Å². The van der Waals surface area contributed by atoms with Crippen molar-refractivity contribution in [2.24, 2.45) is 0 Å². The monoisotopic (exact) mass is 264 g/mol. The van der Waals surface area contributed by atoms with Crippen molar-refractivity contribution in [1.82, 2.24) is 10.2 Å². The summed E-state index contributed by atoms with van der Waals surface area (Å²) < 4.78 is 10.9. The van der Waals surface area contributed by atoms with Crippen molar-refractivity contribution in [3.05, 3.63) is 23.8 Å². The van der Waals surface area contributed by atoms with E-state index in [1.54, 1.807) is 14.2 Å². The number of likely N-dealkylation sites (tertiary alicyclic amines) is 1. The summed E-state index contributed by atoms with van der Waals surface area (Å²) >= 11 is 0. The summed E-state index contributed by atoms with van der Waals surface area (Å²) in [6.45, 7) is 3.07. The van der Waals surface area contributed by atoms with Crippen molar-refractivity contribution in [2.75, 3.05) is 34.4 Å². The summed E-state index contributed by atoms with van der Waals surface area (Å²) in [5, 5.41) is 3.28. The number of methoxy groups -OCH3 is 2. The van der Waals surface area contributed by atoms with Crippen LogP contribution in [0.1, 0.15) is 18.4 Å². The zero-order chi connectivity index (χ0) is 13.7. The molecule has 0 spiro atoms. The first-order chi connectivity index (χ1) is 9.30. The van der Waals surface area contributed by atoms with Crippen LogP contribution in [0.25, 0.3) is 0 Å². The van der Waals surface area contributed by atoms with E-state index in [1.165, 1.54) is 12.8 Å². The van der Waals surface area contributed by atoms with Crippen LogP contribution >= 0.6 is 0 Å². The molecule has 0 aromatic heterocycles. The van der Waals surface area contributed by atoms with Gasteiger partial charge in [-0.2, -0.15) is 0 Å². The predicted molar refractivity (Wildman–Crippen MR) is 76.9 cm³/mol. The molecule has 0 aliphatic carbocycles. The van der Waals surface area contributed by atoms with E-state index in [0.29, 0.717) is 6.04 Å². The molecule has 106 valence electrons. The molecule has 1 fully saturated rings. The van der Waals surface area contributed by atoms with Gasteiger partial charge in [0.25, 0.3) is 0 Å². The van der Waals surface area contributed by atoms with E-state index >= 15 is 0 Å². The molecular formula is C15H24N2O2. The molecule has 1 N–H and O–H groups in total. The highest BCUT2D eigenvalue weighted by atomic mass is 16.5. The van der Waals surface area contributed by atoms with Gasteiger partial charge in [0.15, 0.2) is 0 Å². The van der Waals surface area contributed by atoms with Crippen molar-refractivity contribution >= 4 is 0 Å². The van der Waals surface area contributed by atoms with Crippen LogP contribution in [0, 0.1) is 0 Å². The Hall–Kier alpha value is -1.26. The van der Waals surface area contributed by atoms with Gasteiger partial charge in [-0.05, 0) is 38.6 Å². The SMILES string of the molecule is CNCC1CCCN1Cc1c(OC)cccc1OC. The van der Waals surface area contributed by atoms with Gasteiger partial charge in [0, 0.05) is 19.1 Å². The number of rotatable bonds is 6. The van der Waals surface area contributed by atoms with Crippen molar-refractivity contribution in [3.8, 4) is 11.5 Å². The van der Waals surface area contributed by atoms with Gasteiger partial charge >= 0.3 is 0 Å². The van der Waals surface area contributed by atoms with Crippen LogP contribution in [-0.4, -0.2) is 45.3 Å². The lowest BCUT2D eigenvalue weighted by Crippen LogP contribution is -2.36. The molecule has 0 saturated carbocycles. The third kappa shape index (κ3) is 3.19. The topological polar surface area (TPSA) is 33.7 Å². The first-order valence-electron chi connectivity index (χ1n) is 6.88. The third-order valence-electron chi connectivity index (χ3n) is 3.83. The highest BCUT2D eigenvalue weighted by Gasteiger charge is 2.25. The van der Waals surface area contributed by atoms with E-state index in [0.717, 1.165) is 36.7 Å². The molecule has 4 heteroatoms. The van der Waals surface area contributed by atoms with Gasteiger partial charge in [0.2, 0.25) is 0 Å². The number of likely N-dealkylation sites (N-methyl/N-ethyl adjacent to an activating group) is 1. The first kappa shape index (κ1) is 14.2. The summed E-state index contributed by atoms with van der Waals surface area (Å²) in [5.74, 6) is 1.82. The Morgan fingerprint density at radius 2 is 1.95 bits per heavy atom. The maximum atomic E-state index is 5.47. The van der Waals surface area contributed by atoms with Gasteiger partial charge < -0.3 is 14.8 Å². The number of hydrogen-bond acceptors (Lipinski definition) is 4. The highest BCUT2D eigenvalue weighted by Crippen LogP contribution is 2.31. The molecule has 1 unspecified atom stereocenters. The summed E-state index contributed by atoms with van der Waals surface area (Å²) in [7, 11) is 5.45. The molecule has 2 rings (SSSR count). The molecule has 1 aliphatic rings. The molecular weight excluding hydrogens is 240 g/mol. The van der Waals surface area contributed by atoms with Crippen LogP contribution in [0.4, 0.5) is 0 Å². The Bertz CT molecular complexity index is 387. The Labute approximate surface area is 115 Å². The van der Waals surface area contributed by atoms with Crippen LogP contribution in [0.5, 0.6) is 11.5 Å². The molecule has 1 heterocycles. The van der Waals surface area contributed by atoms with Crippen LogP contribution in [0.3, 0.4) is 0 Å². The molecule has 0 radical (unpaired) electrons. The van der Waals surface area contributed by atoms with Crippen LogP contribution < -0.4 is 14.8 Å². The fraction of sp³-hybridized carbons (Fsp3) is 0.600. The minimum atomic E-state index is 0.611. The van der Waals surface area contributed by atoms with E-state index in [-0.39, 0.29) is 0 Å². The fourth-order valence-corrected chi connectivity index (χ4v) is 2.86. The van der Waals surface area contributed by atoms with Gasteiger partial charge in [0.05, 0.1) is 19.8 Å². The lowest BCUT2D eigenvalue weighted by molar-refractivity contribution is 0.234. The van der Waals surface area contributed by atoms with Crippen molar-refractivity contribution < 1.29 is 9.47 Å². The van der Waals surface area contributed by atoms with E-state index in [2.05, 4.69) is 10.2 Å². The normalized spacial score (nSPS) is 19.6. The van der Waals surface area contributed by atoms with Gasteiger partial charge in [-0.15, -0.1) is 0 Å². The number of benzene rings is 1. The molecule has 1 aromatic carbocycles. The second-order valence-electron chi connectivity index (χ2n) is 4.97. The number of ether oxygens (including phenoxy) is 2. The van der Waals surface area contributed by atoms with Crippen LogP contribution in [-0.2, 0) is 6.54 Å². The fourth-order valence-electron chi connectivity index (χ4n) is 2.86. The molecule has 1 aromatic rings. The van der Waals surface area contributed by atoms with Gasteiger partial charge in [-0.3, -0.25) is 4.90 Å².